The van der Waals surface area contributed by atoms with Crippen LogP contribution in [-0.2, 0) is 4.74 Å². The predicted octanol–water partition coefficient (Wildman–Crippen LogP) is 6.72. The quantitative estimate of drug-likeness (QED) is 0.316. The zero-order valence-electron chi connectivity index (χ0n) is 16.9. The Bertz CT molecular complexity index is 1290. The Morgan fingerprint density at radius 3 is 2.38 bits per heavy atom. The third-order valence-corrected chi connectivity index (χ3v) is 6.31. The lowest BCUT2D eigenvalue weighted by Crippen LogP contribution is -2.15. The molecule has 0 atom stereocenters. The molecule has 0 fully saturated rings. The number of halogens is 2. The average molecular weight is 487 g/mol. The first kappa shape index (κ1) is 22.1. The highest BCUT2D eigenvalue weighted by Crippen LogP contribution is 2.39. The van der Waals surface area contributed by atoms with Crippen LogP contribution in [-0.4, -0.2) is 24.1 Å². The summed E-state index contributed by atoms with van der Waals surface area (Å²) < 4.78 is 10.2. The molecule has 0 saturated carbocycles. The number of rotatable bonds is 5. The van der Waals surface area contributed by atoms with Gasteiger partial charge in [-0.2, -0.15) is 0 Å². The van der Waals surface area contributed by atoms with Gasteiger partial charge < -0.3 is 14.6 Å². The van der Waals surface area contributed by atoms with Crippen molar-refractivity contribution in [3.05, 3.63) is 80.8 Å². The molecule has 2 aromatic carbocycles. The summed E-state index contributed by atoms with van der Waals surface area (Å²) in [6, 6.07) is 14.4. The van der Waals surface area contributed by atoms with Gasteiger partial charge in [-0.25, -0.2) is 4.79 Å². The molecule has 162 valence electrons. The van der Waals surface area contributed by atoms with Crippen LogP contribution in [0.5, 0.6) is 0 Å². The summed E-state index contributed by atoms with van der Waals surface area (Å²) in [7, 11) is 1.29. The van der Waals surface area contributed by atoms with Gasteiger partial charge >= 0.3 is 5.97 Å². The summed E-state index contributed by atoms with van der Waals surface area (Å²) in [5, 5.41) is 9.61. The van der Waals surface area contributed by atoms with Gasteiger partial charge in [0.2, 0.25) is 0 Å². The van der Waals surface area contributed by atoms with Crippen LogP contribution >= 0.6 is 34.5 Å². The Morgan fingerprint density at radius 2 is 1.72 bits per heavy atom. The lowest BCUT2D eigenvalue weighted by atomic mass is 10.0. The molecular formula is C23H16Cl2N2O4S. The van der Waals surface area contributed by atoms with Gasteiger partial charge in [0.05, 0.1) is 17.2 Å². The second kappa shape index (κ2) is 9.16. The molecular weight excluding hydrogens is 471 g/mol. The second-order valence-corrected chi connectivity index (χ2v) is 8.42. The van der Waals surface area contributed by atoms with Crippen LogP contribution in [0.15, 0.2) is 58.4 Å². The molecule has 1 amide bonds. The monoisotopic (exact) mass is 486 g/mol. The number of nitrogens with zero attached hydrogens (tertiary/aromatic N) is 1. The summed E-state index contributed by atoms with van der Waals surface area (Å²) in [4.78, 5) is 25.8. The molecule has 0 saturated heterocycles. The SMILES string of the molecule is COC(=O)c1c(-c2ccccc2)csc1NC(=O)c1c(-c2c(Cl)cccc2Cl)noc1C. The molecule has 0 radical (unpaired) electrons. The van der Waals surface area contributed by atoms with E-state index in [0.29, 0.717) is 26.2 Å². The van der Waals surface area contributed by atoms with Gasteiger partial charge in [0.1, 0.15) is 27.6 Å². The molecule has 4 aromatic rings. The van der Waals surface area contributed by atoms with Crippen LogP contribution < -0.4 is 5.32 Å². The summed E-state index contributed by atoms with van der Waals surface area (Å²) in [5.41, 5.74) is 2.54. The maximum Gasteiger partial charge on any atom is 0.341 e. The standard InChI is InChI=1S/C23H16Cl2N2O4S/c1-12-17(20(27-31-12)19-15(24)9-6-10-16(19)25)21(28)26-22-18(23(29)30-2)14(11-32-22)13-7-4-3-5-8-13/h3-11H,1-2H3,(H,26,28). The van der Waals surface area contributed by atoms with Crippen molar-refractivity contribution in [1.29, 1.82) is 0 Å². The highest BCUT2D eigenvalue weighted by Gasteiger charge is 2.28. The molecule has 0 spiro atoms. The highest BCUT2D eigenvalue weighted by molar-refractivity contribution is 7.15. The topological polar surface area (TPSA) is 81.4 Å². The maximum absolute atomic E-state index is 13.3. The van der Waals surface area contributed by atoms with Crippen molar-refractivity contribution in [3.8, 4) is 22.4 Å². The highest BCUT2D eigenvalue weighted by atomic mass is 35.5. The summed E-state index contributed by atoms with van der Waals surface area (Å²) in [6.45, 7) is 1.61. The van der Waals surface area contributed by atoms with E-state index in [-0.39, 0.29) is 22.6 Å². The number of ether oxygens (including phenoxy) is 1. The molecule has 0 bridgehead atoms. The smallest absolute Gasteiger partial charge is 0.341 e. The number of aromatic nitrogens is 1. The van der Waals surface area contributed by atoms with Crippen LogP contribution in [0.1, 0.15) is 26.5 Å². The lowest BCUT2D eigenvalue weighted by molar-refractivity contribution is 0.0603. The molecule has 1 N–H and O–H groups in total. The summed E-state index contributed by atoms with van der Waals surface area (Å²) in [5.74, 6) is -0.786. The predicted molar refractivity (Wildman–Crippen MR) is 126 cm³/mol. The van der Waals surface area contributed by atoms with Crippen LogP contribution in [0.25, 0.3) is 22.4 Å². The summed E-state index contributed by atoms with van der Waals surface area (Å²) >= 11 is 13.8. The number of aryl methyl sites for hydroxylation is 1. The van der Waals surface area contributed by atoms with Gasteiger partial charge in [-0.15, -0.1) is 11.3 Å². The van der Waals surface area contributed by atoms with Crippen molar-refractivity contribution in [2.45, 2.75) is 6.92 Å². The number of esters is 1. The molecule has 0 aliphatic carbocycles. The van der Waals surface area contributed by atoms with Crippen LogP contribution in [0.4, 0.5) is 5.00 Å². The largest absolute Gasteiger partial charge is 0.465 e. The van der Waals surface area contributed by atoms with Crippen LogP contribution in [0, 0.1) is 6.92 Å². The minimum Gasteiger partial charge on any atom is -0.465 e. The van der Waals surface area contributed by atoms with E-state index in [0.717, 1.165) is 5.56 Å². The fourth-order valence-electron chi connectivity index (χ4n) is 3.28. The Hall–Kier alpha value is -3.13. The van der Waals surface area contributed by atoms with Crippen molar-refractivity contribution in [2.75, 3.05) is 12.4 Å². The van der Waals surface area contributed by atoms with E-state index in [2.05, 4.69) is 10.5 Å². The number of nitrogens with one attached hydrogen (secondary N) is 1. The van der Waals surface area contributed by atoms with Crippen molar-refractivity contribution in [3.63, 3.8) is 0 Å². The molecule has 2 aromatic heterocycles. The number of hydrogen-bond acceptors (Lipinski definition) is 6. The van der Waals surface area contributed by atoms with Crippen LogP contribution in [0.3, 0.4) is 0 Å². The van der Waals surface area contributed by atoms with E-state index in [1.165, 1.54) is 18.4 Å². The Labute approximate surface area is 197 Å². The Morgan fingerprint density at radius 1 is 1.03 bits per heavy atom. The lowest BCUT2D eigenvalue weighted by Gasteiger charge is -2.09. The number of thiophene rings is 1. The molecule has 32 heavy (non-hydrogen) atoms. The van der Waals surface area contributed by atoms with Gasteiger partial charge in [0, 0.05) is 16.5 Å². The molecule has 0 aliphatic rings. The zero-order valence-corrected chi connectivity index (χ0v) is 19.3. The fourth-order valence-corrected chi connectivity index (χ4v) is 4.81. The number of amides is 1. The third-order valence-electron chi connectivity index (χ3n) is 4.78. The maximum atomic E-state index is 13.3. The second-order valence-electron chi connectivity index (χ2n) is 6.72. The van der Waals surface area contributed by atoms with Crippen molar-refractivity contribution >= 4 is 51.4 Å². The zero-order chi connectivity index (χ0) is 22.8. The number of carbonyl (C=O) groups excluding carboxylic acids is 2. The average Bonchev–Trinajstić information content (AvgIpc) is 3.37. The van der Waals surface area contributed by atoms with E-state index >= 15 is 0 Å². The van der Waals surface area contributed by atoms with Gasteiger partial charge in [-0.3, -0.25) is 4.79 Å². The molecule has 0 unspecified atom stereocenters. The first-order valence-corrected chi connectivity index (χ1v) is 11.0. The normalized spacial score (nSPS) is 10.8. The minimum absolute atomic E-state index is 0.172. The van der Waals surface area contributed by atoms with Gasteiger partial charge in [-0.1, -0.05) is 64.8 Å². The number of benzene rings is 2. The van der Waals surface area contributed by atoms with Crippen molar-refractivity contribution in [2.24, 2.45) is 0 Å². The van der Waals surface area contributed by atoms with Crippen molar-refractivity contribution in [1.82, 2.24) is 5.16 Å². The summed E-state index contributed by atoms with van der Waals surface area (Å²) in [6.07, 6.45) is 0. The fraction of sp³-hybridized carbons (Fsp3) is 0.0870. The van der Waals surface area contributed by atoms with E-state index in [1.54, 1.807) is 30.5 Å². The molecule has 4 rings (SSSR count). The minimum atomic E-state index is -0.559. The first-order chi connectivity index (χ1) is 15.4. The van der Waals surface area contributed by atoms with Gasteiger partial charge in [0.15, 0.2) is 0 Å². The van der Waals surface area contributed by atoms with Crippen molar-refractivity contribution < 1.29 is 18.8 Å². The number of carbonyl (C=O) groups is 2. The Balaban J connectivity index is 1.76. The van der Waals surface area contributed by atoms with E-state index in [1.807, 2.05) is 30.3 Å². The number of hydrogen-bond donors (Lipinski definition) is 1. The van der Waals surface area contributed by atoms with E-state index in [9.17, 15) is 9.59 Å². The third kappa shape index (κ3) is 4.02. The molecule has 9 heteroatoms. The molecule has 6 nitrogen and oxygen atoms in total. The Kier molecular flexibility index (Phi) is 6.32. The van der Waals surface area contributed by atoms with Gasteiger partial charge in [0.25, 0.3) is 5.91 Å². The van der Waals surface area contributed by atoms with Crippen LogP contribution in [0.2, 0.25) is 10.0 Å². The first-order valence-electron chi connectivity index (χ1n) is 9.39. The number of anilines is 1. The van der Waals surface area contributed by atoms with E-state index in [4.69, 9.17) is 32.5 Å². The van der Waals surface area contributed by atoms with E-state index < -0.39 is 11.9 Å². The number of methoxy groups -OCH3 is 1. The van der Waals surface area contributed by atoms with Gasteiger partial charge in [-0.05, 0) is 24.6 Å². The molecule has 0 aliphatic heterocycles. The molecule has 2 heterocycles.